The molecule has 0 atom stereocenters. The second-order valence-electron chi connectivity index (χ2n) is 7.81. The number of halogens is 1. The number of nitrogens with zero attached hydrogens (tertiary/aromatic N) is 3. The van der Waals surface area contributed by atoms with Crippen molar-refractivity contribution in [3.8, 4) is 0 Å². The summed E-state index contributed by atoms with van der Waals surface area (Å²) in [6.45, 7) is 7.78. The van der Waals surface area contributed by atoms with E-state index in [-0.39, 0.29) is 11.2 Å². The fourth-order valence-electron chi connectivity index (χ4n) is 2.50. The fourth-order valence-corrected chi connectivity index (χ4v) is 2.50. The van der Waals surface area contributed by atoms with E-state index in [2.05, 4.69) is 41.4 Å². The molecule has 0 radical (unpaired) electrons. The largest absolute Gasteiger partial charge is 0.443 e. The van der Waals surface area contributed by atoms with Gasteiger partial charge in [-0.2, -0.15) is 0 Å². The van der Waals surface area contributed by atoms with Crippen LogP contribution in [0.3, 0.4) is 0 Å². The van der Waals surface area contributed by atoms with Crippen LogP contribution in [-0.4, -0.2) is 37.0 Å². The van der Waals surface area contributed by atoms with Crippen molar-refractivity contribution in [3.05, 3.63) is 53.0 Å². The van der Waals surface area contributed by atoms with Gasteiger partial charge in [0.15, 0.2) is 5.96 Å². The molecule has 0 bridgehead atoms. The molecule has 1 heterocycles. The molecule has 27 heavy (non-hydrogen) atoms. The van der Waals surface area contributed by atoms with Gasteiger partial charge in [0.2, 0.25) is 5.89 Å². The molecular weight excluding hydrogens is 345 g/mol. The quantitative estimate of drug-likeness (QED) is 0.600. The molecule has 0 amide bonds. The molecule has 2 aromatic rings. The van der Waals surface area contributed by atoms with Gasteiger partial charge >= 0.3 is 0 Å². The summed E-state index contributed by atoms with van der Waals surface area (Å²) in [6, 6.07) is 5.16. The van der Waals surface area contributed by atoms with E-state index >= 15 is 0 Å². The van der Waals surface area contributed by atoms with Crippen LogP contribution in [0.15, 0.2) is 33.8 Å². The van der Waals surface area contributed by atoms with Gasteiger partial charge in [0.1, 0.15) is 11.6 Å². The molecule has 0 saturated carbocycles. The SMILES string of the molecule is CN=C(NCc1ccc(F)c(CN(C)C)c1)NCc1ncc(C(C)(C)C)o1. The zero-order valence-electron chi connectivity index (χ0n) is 17.1. The van der Waals surface area contributed by atoms with Crippen LogP contribution in [0, 0.1) is 5.82 Å². The van der Waals surface area contributed by atoms with Crippen molar-refractivity contribution in [3.63, 3.8) is 0 Å². The zero-order valence-corrected chi connectivity index (χ0v) is 17.1. The molecule has 0 aliphatic carbocycles. The van der Waals surface area contributed by atoms with Gasteiger partial charge in [-0.1, -0.05) is 26.8 Å². The number of aromatic nitrogens is 1. The molecule has 1 aromatic carbocycles. The topological polar surface area (TPSA) is 65.7 Å². The first-order valence-electron chi connectivity index (χ1n) is 9.00. The lowest BCUT2D eigenvalue weighted by molar-refractivity contribution is 0.379. The number of nitrogens with one attached hydrogen (secondary N) is 2. The highest BCUT2D eigenvalue weighted by molar-refractivity contribution is 5.79. The number of aliphatic imine (C=N–C) groups is 1. The minimum atomic E-state index is -0.187. The summed E-state index contributed by atoms with van der Waals surface area (Å²) in [5.41, 5.74) is 1.59. The predicted octanol–water partition coefficient (Wildman–Crippen LogP) is 3.04. The van der Waals surface area contributed by atoms with Gasteiger partial charge < -0.3 is 20.0 Å². The van der Waals surface area contributed by atoms with E-state index in [0.29, 0.717) is 37.0 Å². The van der Waals surface area contributed by atoms with Crippen LogP contribution in [0.1, 0.15) is 43.5 Å². The Kier molecular flexibility index (Phi) is 6.96. The molecule has 0 aliphatic heterocycles. The maximum absolute atomic E-state index is 13.9. The first-order valence-corrected chi connectivity index (χ1v) is 9.00. The number of hydrogen-bond acceptors (Lipinski definition) is 4. The fraction of sp³-hybridized carbons (Fsp3) is 0.500. The number of oxazole rings is 1. The molecule has 7 heteroatoms. The summed E-state index contributed by atoms with van der Waals surface area (Å²) < 4.78 is 19.7. The van der Waals surface area contributed by atoms with Gasteiger partial charge in [0.05, 0.1) is 12.7 Å². The molecule has 6 nitrogen and oxygen atoms in total. The number of hydrogen-bond donors (Lipinski definition) is 2. The Labute approximate surface area is 160 Å². The Bertz CT molecular complexity index is 777. The van der Waals surface area contributed by atoms with E-state index < -0.39 is 0 Å². The molecule has 0 saturated heterocycles. The first-order chi connectivity index (χ1) is 12.7. The highest BCUT2D eigenvalue weighted by Gasteiger charge is 2.19. The minimum Gasteiger partial charge on any atom is -0.443 e. The second-order valence-corrected chi connectivity index (χ2v) is 7.81. The maximum atomic E-state index is 13.9. The highest BCUT2D eigenvalue weighted by atomic mass is 19.1. The third-order valence-electron chi connectivity index (χ3n) is 3.98. The lowest BCUT2D eigenvalue weighted by Gasteiger charge is -2.14. The lowest BCUT2D eigenvalue weighted by Crippen LogP contribution is -2.36. The molecule has 148 valence electrons. The summed E-state index contributed by atoms with van der Waals surface area (Å²) in [5, 5.41) is 6.41. The Morgan fingerprint density at radius 2 is 1.93 bits per heavy atom. The number of benzene rings is 1. The van der Waals surface area contributed by atoms with Crippen LogP contribution in [0.4, 0.5) is 4.39 Å². The van der Waals surface area contributed by atoms with Gasteiger partial charge in [0, 0.05) is 31.1 Å². The smallest absolute Gasteiger partial charge is 0.213 e. The molecule has 2 rings (SSSR count). The van der Waals surface area contributed by atoms with E-state index in [9.17, 15) is 4.39 Å². The summed E-state index contributed by atoms with van der Waals surface area (Å²) >= 11 is 0. The average molecular weight is 375 g/mol. The van der Waals surface area contributed by atoms with E-state index in [1.54, 1.807) is 19.3 Å². The number of guanidine groups is 1. The molecule has 0 spiro atoms. The van der Waals surface area contributed by atoms with Crippen molar-refractivity contribution >= 4 is 5.96 Å². The van der Waals surface area contributed by atoms with Gasteiger partial charge in [-0.3, -0.25) is 4.99 Å². The van der Waals surface area contributed by atoms with Crippen molar-refractivity contribution in [2.24, 2.45) is 4.99 Å². The monoisotopic (exact) mass is 375 g/mol. The highest BCUT2D eigenvalue weighted by Crippen LogP contribution is 2.22. The van der Waals surface area contributed by atoms with Crippen molar-refractivity contribution in [2.75, 3.05) is 21.1 Å². The summed E-state index contributed by atoms with van der Waals surface area (Å²) in [7, 11) is 5.54. The van der Waals surface area contributed by atoms with Gasteiger partial charge in [-0.15, -0.1) is 0 Å². The minimum absolute atomic E-state index is 0.0714. The zero-order chi connectivity index (χ0) is 20.0. The van der Waals surface area contributed by atoms with E-state index in [1.807, 2.05) is 25.1 Å². The molecule has 1 aromatic heterocycles. The van der Waals surface area contributed by atoms with Crippen LogP contribution < -0.4 is 10.6 Å². The van der Waals surface area contributed by atoms with Gasteiger partial charge in [0.25, 0.3) is 0 Å². The van der Waals surface area contributed by atoms with Crippen molar-refractivity contribution < 1.29 is 8.81 Å². The Hall–Kier alpha value is -2.41. The third-order valence-corrected chi connectivity index (χ3v) is 3.98. The second kappa shape index (κ2) is 8.99. The van der Waals surface area contributed by atoms with E-state index in [0.717, 1.165) is 11.3 Å². The molecular formula is C20H30FN5O. The van der Waals surface area contributed by atoms with Crippen molar-refractivity contribution in [2.45, 2.75) is 45.8 Å². The molecule has 0 unspecified atom stereocenters. The van der Waals surface area contributed by atoms with Crippen molar-refractivity contribution in [1.29, 1.82) is 0 Å². The normalized spacial score (nSPS) is 12.5. The standard InChI is InChI=1S/C20H30FN5O/c1-20(2,3)17-11-23-18(27-17)12-25-19(22-4)24-10-14-7-8-16(21)15(9-14)13-26(5)6/h7-9,11H,10,12-13H2,1-6H3,(H2,22,24,25). The summed E-state index contributed by atoms with van der Waals surface area (Å²) in [4.78, 5) is 10.4. The summed E-state index contributed by atoms with van der Waals surface area (Å²) in [6.07, 6.45) is 1.76. The average Bonchev–Trinajstić information content (AvgIpc) is 3.06. The Morgan fingerprint density at radius 3 is 2.52 bits per heavy atom. The van der Waals surface area contributed by atoms with Crippen LogP contribution in [0.2, 0.25) is 0 Å². The van der Waals surface area contributed by atoms with Crippen LogP contribution in [0.25, 0.3) is 0 Å². The third kappa shape index (κ3) is 6.36. The first kappa shape index (κ1) is 20.9. The number of rotatable bonds is 6. The predicted molar refractivity (Wildman–Crippen MR) is 106 cm³/mol. The van der Waals surface area contributed by atoms with Crippen LogP contribution in [0.5, 0.6) is 0 Å². The lowest BCUT2D eigenvalue weighted by atomic mass is 9.94. The van der Waals surface area contributed by atoms with Crippen LogP contribution in [-0.2, 0) is 25.0 Å². The molecule has 0 fully saturated rings. The van der Waals surface area contributed by atoms with E-state index in [4.69, 9.17) is 4.42 Å². The van der Waals surface area contributed by atoms with Crippen molar-refractivity contribution in [1.82, 2.24) is 20.5 Å². The Balaban J connectivity index is 1.91. The summed E-state index contributed by atoms with van der Waals surface area (Å²) in [5.74, 6) is 1.90. The maximum Gasteiger partial charge on any atom is 0.213 e. The van der Waals surface area contributed by atoms with Gasteiger partial charge in [-0.25, -0.2) is 9.37 Å². The molecule has 0 aliphatic rings. The Morgan fingerprint density at radius 1 is 1.22 bits per heavy atom. The van der Waals surface area contributed by atoms with Gasteiger partial charge in [-0.05, 0) is 31.8 Å². The van der Waals surface area contributed by atoms with E-state index in [1.165, 1.54) is 6.07 Å². The van der Waals surface area contributed by atoms with Crippen LogP contribution >= 0.6 is 0 Å². The molecule has 2 N–H and O–H groups in total.